The summed E-state index contributed by atoms with van der Waals surface area (Å²) in [5.74, 6) is 2.15. The van der Waals surface area contributed by atoms with Crippen molar-refractivity contribution < 1.29 is 4.79 Å². The van der Waals surface area contributed by atoms with E-state index in [4.69, 9.17) is 0 Å². The van der Waals surface area contributed by atoms with Crippen molar-refractivity contribution in [2.45, 2.75) is 60.0 Å². The molecule has 3 saturated carbocycles. The number of fused-ring (bicyclic) bond motifs is 2. The minimum Gasteiger partial charge on any atom is -0.380 e. The highest BCUT2D eigenvalue weighted by molar-refractivity contribution is 5.83. The molecule has 6 nitrogen and oxygen atoms in total. The van der Waals surface area contributed by atoms with Crippen LogP contribution in [0.1, 0.15) is 51.7 Å². The van der Waals surface area contributed by atoms with Gasteiger partial charge in [0.05, 0.1) is 17.6 Å². The van der Waals surface area contributed by atoms with Gasteiger partial charge >= 0.3 is 0 Å². The molecule has 1 aromatic heterocycles. The molecular formula is C25H35N5O. The summed E-state index contributed by atoms with van der Waals surface area (Å²) in [6.07, 6.45) is 7.97. The zero-order valence-corrected chi connectivity index (χ0v) is 19.4. The molecule has 31 heavy (non-hydrogen) atoms. The Balaban J connectivity index is 1.33. The molecule has 3 fully saturated rings. The van der Waals surface area contributed by atoms with Crippen molar-refractivity contribution in [3.05, 3.63) is 53.1 Å². The number of hydrogen-bond acceptors (Lipinski definition) is 5. The van der Waals surface area contributed by atoms with Crippen molar-refractivity contribution in [2.75, 3.05) is 6.54 Å². The van der Waals surface area contributed by atoms with Crippen LogP contribution >= 0.6 is 0 Å². The number of rotatable bonds is 6. The van der Waals surface area contributed by atoms with Gasteiger partial charge in [-0.1, -0.05) is 27.4 Å². The number of carbonyl (C=O) groups excluding carboxylic acids is 1. The van der Waals surface area contributed by atoms with Crippen molar-refractivity contribution in [1.82, 2.24) is 20.6 Å². The van der Waals surface area contributed by atoms with Gasteiger partial charge in [-0.3, -0.25) is 14.8 Å². The monoisotopic (exact) mass is 421 g/mol. The Labute approximate surface area is 185 Å². The third kappa shape index (κ3) is 4.00. The third-order valence-corrected chi connectivity index (χ3v) is 8.08. The summed E-state index contributed by atoms with van der Waals surface area (Å²) in [6, 6.07) is 2.40. The molecule has 0 radical (unpaired) electrons. The van der Waals surface area contributed by atoms with Crippen LogP contribution in [0.25, 0.3) is 0 Å². The third-order valence-electron chi connectivity index (χ3n) is 8.08. The summed E-state index contributed by atoms with van der Waals surface area (Å²) in [5.41, 5.74) is 5.47. The normalized spacial score (nSPS) is 28.9. The Morgan fingerprint density at radius 1 is 1.32 bits per heavy atom. The molecule has 1 unspecified atom stereocenters. The van der Waals surface area contributed by atoms with Crippen LogP contribution in [0, 0.1) is 30.1 Å². The van der Waals surface area contributed by atoms with Crippen LogP contribution < -0.4 is 10.6 Å². The fourth-order valence-corrected chi connectivity index (χ4v) is 5.55. The van der Waals surface area contributed by atoms with Gasteiger partial charge in [-0.05, 0) is 72.6 Å². The van der Waals surface area contributed by atoms with E-state index in [9.17, 15) is 4.79 Å². The van der Waals surface area contributed by atoms with Gasteiger partial charge in [0.2, 0.25) is 5.91 Å². The van der Waals surface area contributed by atoms with E-state index in [0.29, 0.717) is 23.9 Å². The van der Waals surface area contributed by atoms with Gasteiger partial charge in [-0.15, -0.1) is 0 Å². The Morgan fingerprint density at radius 3 is 2.77 bits per heavy atom. The molecule has 166 valence electrons. The Kier molecular flexibility index (Phi) is 5.67. The van der Waals surface area contributed by atoms with E-state index in [-0.39, 0.29) is 12.5 Å². The lowest BCUT2D eigenvalue weighted by Crippen LogP contribution is -2.60. The van der Waals surface area contributed by atoms with Crippen LogP contribution in [0.5, 0.6) is 0 Å². The van der Waals surface area contributed by atoms with E-state index in [1.165, 1.54) is 12.8 Å². The fourth-order valence-electron chi connectivity index (χ4n) is 5.55. The molecular weight excluding hydrogens is 386 g/mol. The molecule has 2 bridgehead atoms. The maximum Gasteiger partial charge on any atom is 0.242 e. The first kappa shape index (κ1) is 21.6. The van der Waals surface area contributed by atoms with E-state index in [1.807, 2.05) is 19.2 Å². The molecule has 1 amide bonds. The Hall–Kier alpha value is -2.63. The minimum absolute atomic E-state index is 0.0815. The highest BCUT2D eigenvalue weighted by atomic mass is 16.2. The predicted octanol–water partition coefficient (Wildman–Crippen LogP) is 3.76. The number of allylic oxidation sites excluding steroid dienone is 2. The molecule has 0 spiro atoms. The lowest BCUT2D eigenvalue weighted by Gasteiger charge is -2.62. The van der Waals surface area contributed by atoms with Crippen LogP contribution in [0.15, 0.2) is 47.1 Å². The highest BCUT2D eigenvalue weighted by Gasteiger charge is 2.56. The summed E-state index contributed by atoms with van der Waals surface area (Å²) < 4.78 is 0. The van der Waals surface area contributed by atoms with Crippen molar-refractivity contribution in [2.24, 2.45) is 28.3 Å². The number of hydrogen-bond donors (Lipinski definition) is 2. The van der Waals surface area contributed by atoms with Crippen LogP contribution in [-0.2, 0) is 11.3 Å². The SMILES string of the molecule is C=C1C(C)=C(N[C@@H]2C[C@@H]3CC([C@H]2C)C3(C)C)C=NN1CC(=O)NCc1ccncc1C. The van der Waals surface area contributed by atoms with Crippen LogP contribution in [0.3, 0.4) is 0 Å². The van der Waals surface area contributed by atoms with E-state index >= 15 is 0 Å². The molecule has 1 aromatic rings. The Bertz CT molecular complexity index is 947. The average molecular weight is 422 g/mol. The van der Waals surface area contributed by atoms with Gasteiger partial charge in [0, 0.05) is 25.0 Å². The lowest BCUT2D eigenvalue weighted by molar-refractivity contribution is -0.122. The summed E-state index contributed by atoms with van der Waals surface area (Å²) >= 11 is 0. The number of carbonyl (C=O) groups is 1. The molecule has 1 aliphatic heterocycles. The van der Waals surface area contributed by atoms with Gasteiger partial charge in [0.1, 0.15) is 6.54 Å². The first-order valence-corrected chi connectivity index (χ1v) is 11.3. The largest absolute Gasteiger partial charge is 0.380 e. The maximum atomic E-state index is 12.5. The van der Waals surface area contributed by atoms with E-state index in [1.54, 1.807) is 17.4 Å². The average Bonchev–Trinajstić information content (AvgIpc) is 2.73. The smallest absolute Gasteiger partial charge is 0.242 e. The second-order valence-corrected chi connectivity index (χ2v) is 10.1. The lowest BCUT2D eigenvalue weighted by atomic mass is 9.44. The molecule has 3 aliphatic carbocycles. The van der Waals surface area contributed by atoms with Crippen molar-refractivity contribution in [3.63, 3.8) is 0 Å². The van der Waals surface area contributed by atoms with E-state index < -0.39 is 0 Å². The zero-order valence-electron chi connectivity index (χ0n) is 19.4. The van der Waals surface area contributed by atoms with Crippen molar-refractivity contribution in [1.29, 1.82) is 0 Å². The fraction of sp³-hybridized carbons (Fsp3) is 0.560. The van der Waals surface area contributed by atoms with Crippen molar-refractivity contribution >= 4 is 12.1 Å². The number of nitrogens with zero attached hydrogens (tertiary/aromatic N) is 3. The molecule has 4 atom stereocenters. The molecule has 2 N–H and O–H groups in total. The summed E-state index contributed by atoms with van der Waals surface area (Å²) in [7, 11) is 0. The predicted molar refractivity (Wildman–Crippen MR) is 124 cm³/mol. The molecule has 5 rings (SSSR count). The first-order valence-electron chi connectivity index (χ1n) is 11.3. The molecule has 0 aromatic carbocycles. The standard InChI is InChI=1S/C25H35N5O/c1-15-11-26-8-7-19(15)12-27-24(31)14-30-18(4)16(2)23(13-28-30)29-22-10-20-9-21(17(22)3)25(20,5)6/h7-8,11,13,17,20-22,29H,4,9-10,12,14H2,1-3,5-6H3,(H,27,31)/t17-,20+,21?,22-/m1/s1. The van der Waals surface area contributed by atoms with Gasteiger partial charge in [0.15, 0.2) is 0 Å². The van der Waals surface area contributed by atoms with Crippen molar-refractivity contribution in [3.8, 4) is 0 Å². The number of nitrogens with one attached hydrogen (secondary N) is 2. The van der Waals surface area contributed by atoms with Crippen LogP contribution in [0.4, 0.5) is 0 Å². The summed E-state index contributed by atoms with van der Waals surface area (Å²) in [5, 5.41) is 12.9. The number of amides is 1. The molecule has 4 aliphatic rings. The van der Waals surface area contributed by atoms with Gasteiger partial charge < -0.3 is 10.6 Å². The van der Waals surface area contributed by atoms with Gasteiger partial charge in [-0.25, -0.2) is 0 Å². The minimum atomic E-state index is -0.0815. The number of pyridine rings is 1. The zero-order chi connectivity index (χ0) is 22.3. The first-order chi connectivity index (χ1) is 14.7. The summed E-state index contributed by atoms with van der Waals surface area (Å²) in [4.78, 5) is 16.6. The number of aryl methyl sites for hydroxylation is 1. The van der Waals surface area contributed by atoms with Crippen LogP contribution in [-0.4, -0.2) is 34.7 Å². The molecule has 2 heterocycles. The maximum absolute atomic E-state index is 12.5. The second-order valence-electron chi connectivity index (χ2n) is 10.1. The topological polar surface area (TPSA) is 69.6 Å². The number of hydrazone groups is 1. The highest BCUT2D eigenvalue weighted by Crippen LogP contribution is 2.61. The number of aromatic nitrogens is 1. The quantitative estimate of drug-likeness (QED) is 0.734. The van der Waals surface area contributed by atoms with E-state index in [0.717, 1.165) is 39.9 Å². The second kappa shape index (κ2) is 8.13. The van der Waals surface area contributed by atoms with Gasteiger partial charge in [-0.2, -0.15) is 5.10 Å². The molecule has 0 saturated heterocycles. The Morgan fingerprint density at radius 2 is 2.10 bits per heavy atom. The van der Waals surface area contributed by atoms with Gasteiger partial charge in [0.25, 0.3) is 0 Å². The molecule has 6 heteroatoms. The van der Waals surface area contributed by atoms with Crippen LogP contribution in [0.2, 0.25) is 0 Å². The summed E-state index contributed by atoms with van der Waals surface area (Å²) in [6.45, 7) is 16.1. The van der Waals surface area contributed by atoms with E-state index in [2.05, 4.69) is 55.0 Å².